The molecule has 10 nitrogen and oxygen atoms in total. The zero-order chi connectivity index (χ0) is 24.7. The molecule has 35 heavy (non-hydrogen) atoms. The molecule has 0 unspecified atom stereocenters. The first-order valence-corrected chi connectivity index (χ1v) is 11.7. The van der Waals surface area contributed by atoms with Gasteiger partial charge in [0.15, 0.2) is 5.82 Å². The zero-order valence-electron chi connectivity index (χ0n) is 18.4. The molecule has 0 bridgehead atoms. The second-order valence-corrected chi connectivity index (χ2v) is 9.14. The number of nitrogens with one attached hydrogen (secondary N) is 2. The highest BCUT2D eigenvalue weighted by molar-refractivity contribution is 7.92. The fraction of sp³-hybridized carbons (Fsp3) is 0.136. The van der Waals surface area contributed by atoms with E-state index >= 15 is 0 Å². The molecular formula is C22H18F2N6O4S. The predicted molar refractivity (Wildman–Crippen MR) is 122 cm³/mol. The van der Waals surface area contributed by atoms with Gasteiger partial charge in [-0.25, -0.2) is 26.7 Å². The lowest BCUT2D eigenvalue weighted by molar-refractivity contribution is 0.370. The molecule has 13 heteroatoms. The van der Waals surface area contributed by atoms with Gasteiger partial charge in [-0.15, -0.1) is 5.10 Å². The summed E-state index contributed by atoms with van der Waals surface area (Å²) in [5.41, 5.74) is 2.78. The number of pyridine rings is 1. The van der Waals surface area contributed by atoms with Gasteiger partial charge in [-0.05, 0) is 35.9 Å². The van der Waals surface area contributed by atoms with Crippen molar-refractivity contribution < 1.29 is 26.7 Å². The molecule has 5 rings (SSSR count). The second kappa shape index (κ2) is 8.51. The number of halogens is 2. The third kappa shape index (κ3) is 3.99. The largest absolute Gasteiger partial charge is 0.480 e. The maximum absolute atomic E-state index is 14.2. The van der Waals surface area contributed by atoms with Crippen LogP contribution in [-0.2, 0) is 16.6 Å². The van der Waals surface area contributed by atoms with Gasteiger partial charge in [-0.2, -0.15) is 0 Å². The van der Waals surface area contributed by atoms with E-state index in [1.807, 2.05) is 18.2 Å². The van der Waals surface area contributed by atoms with Crippen LogP contribution >= 0.6 is 0 Å². The molecule has 0 radical (unpaired) electrons. The van der Waals surface area contributed by atoms with E-state index in [9.17, 15) is 17.2 Å². The molecule has 2 aromatic carbocycles. The fourth-order valence-electron chi connectivity index (χ4n) is 3.75. The molecule has 1 aliphatic heterocycles. The van der Waals surface area contributed by atoms with E-state index in [4.69, 9.17) is 9.47 Å². The molecule has 4 aromatic rings. The molecule has 0 aliphatic carbocycles. The maximum atomic E-state index is 14.2. The number of ether oxygens (including phenoxy) is 2. The Kier molecular flexibility index (Phi) is 5.47. The fourth-order valence-corrected chi connectivity index (χ4v) is 4.86. The minimum atomic E-state index is -4.41. The Bertz CT molecular complexity index is 1540. The highest BCUT2D eigenvalue weighted by atomic mass is 32.2. The maximum Gasteiger partial charge on any atom is 0.321 e. The van der Waals surface area contributed by atoms with E-state index in [1.54, 1.807) is 4.57 Å². The minimum Gasteiger partial charge on any atom is -0.480 e. The third-order valence-corrected chi connectivity index (χ3v) is 6.76. The number of anilines is 2. The number of hydrogen-bond acceptors (Lipinski definition) is 8. The smallest absolute Gasteiger partial charge is 0.321 e. The lowest BCUT2D eigenvalue weighted by atomic mass is 10.0. The van der Waals surface area contributed by atoms with Crippen LogP contribution in [0.2, 0.25) is 0 Å². The Morgan fingerprint density at radius 3 is 2.60 bits per heavy atom. The van der Waals surface area contributed by atoms with Crippen molar-refractivity contribution in [1.29, 1.82) is 0 Å². The number of nitrogens with zero attached hydrogens (tertiary/aromatic N) is 4. The third-order valence-electron chi connectivity index (χ3n) is 5.36. The minimum absolute atomic E-state index is 0.0212. The van der Waals surface area contributed by atoms with E-state index in [0.717, 1.165) is 23.5 Å². The van der Waals surface area contributed by atoms with Crippen LogP contribution in [0.1, 0.15) is 5.82 Å². The van der Waals surface area contributed by atoms with E-state index in [0.29, 0.717) is 35.6 Å². The summed E-state index contributed by atoms with van der Waals surface area (Å²) in [4.78, 5) is 3.48. The molecule has 0 spiro atoms. The average Bonchev–Trinajstić information content (AvgIpc) is 3.27. The standard InChI is InChI=1S/C22H18F2N6O4S/c1-33-21-17(29-35(31,32)19-6-4-14(23)9-15(19)24)7-13(10-26-21)12-3-5-16-18(8-12)30-20(11-25-16)27-28-22(30)34-2/h3-10,25,29H,11H2,1-2H3. The van der Waals surface area contributed by atoms with Gasteiger partial charge in [0.2, 0.25) is 5.88 Å². The molecule has 0 fully saturated rings. The molecule has 180 valence electrons. The van der Waals surface area contributed by atoms with Gasteiger partial charge in [0, 0.05) is 17.8 Å². The SMILES string of the molecule is COc1ncc(-c2ccc3c(c2)-n2c(nnc2OC)CN3)cc1NS(=O)(=O)c1ccc(F)cc1F. The van der Waals surface area contributed by atoms with Gasteiger partial charge in [-0.1, -0.05) is 11.2 Å². The number of methoxy groups -OCH3 is 2. The number of benzene rings is 2. The van der Waals surface area contributed by atoms with Gasteiger partial charge in [0.05, 0.1) is 32.1 Å². The van der Waals surface area contributed by atoms with Gasteiger partial charge in [0.25, 0.3) is 10.0 Å². The molecular weight excluding hydrogens is 482 g/mol. The van der Waals surface area contributed by atoms with Crippen LogP contribution in [0.25, 0.3) is 16.8 Å². The summed E-state index contributed by atoms with van der Waals surface area (Å²) in [6.45, 7) is 0.471. The van der Waals surface area contributed by atoms with Gasteiger partial charge < -0.3 is 14.8 Å². The van der Waals surface area contributed by atoms with Crippen LogP contribution in [-0.4, -0.2) is 42.4 Å². The second-order valence-electron chi connectivity index (χ2n) is 7.48. The zero-order valence-corrected chi connectivity index (χ0v) is 19.2. The number of sulfonamides is 1. The Balaban J connectivity index is 1.56. The first kappa shape index (κ1) is 22.5. The van der Waals surface area contributed by atoms with E-state index in [1.165, 1.54) is 26.5 Å². The summed E-state index contributed by atoms with van der Waals surface area (Å²) < 4.78 is 67.6. The monoisotopic (exact) mass is 500 g/mol. The molecule has 0 saturated carbocycles. The van der Waals surface area contributed by atoms with Crippen molar-refractivity contribution in [2.24, 2.45) is 0 Å². The normalized spacial score (nSPS) is 12.3. The first-order chi connectivity index (χ1) is 16.8. The van der Waals surface area contributed by atoms with E-state index in [-0.39, 0.29) is 11.6 Å². The van der Waals surface area contributed by atoms with Gasteiger partial charge >= 0.3 is 6.01 Å². The lowest BCUT2D eigenvalue weighted by Crippen LogP contribution is -2.16. The Labute approximate surface area is 198 Å². The molecule has 0 atom stereocenters. The Morgan fingerprint density at radius 2 is 1.86 bits per heavy atom. The highest BCUT2D eigenvalue weighted by Gasteiger charge is 2.24. The summed E-state index contributed by atoms with van der Waals surface area (Å²) in [5.74, 6) is -1.48. The summed E-state index contributed by atoms with van der Waals surface area (Å²) in [6.07, 6.45) is 1.51. The lowest BCUT2D eigenvalue weighted by Gasteiger charge is -2.21. The molecule has 2 N–H and O–H groups in total. The van der Waals surface area contributed by atoms with E-state index in [2.05, 4.69) is 25.2 Å². The Hall–Kier alpha value is -4.26. The van der Waals surface area contributed by atoms with Crippen LogP contribution in [0.15, 0.2) is 53.6 Å². The molecule has 1 aliphatic rings. The number of aromatic nitrogens is 4. The highest BCUT2D eigenvalue weighted by Crippen LogP contribution is 2.36. The topological polar surface area (TPSA) is 120 Å². The van der Waals surface area contributed by atoms with Gasteiger partial charge in [-0.3, -0.25) is 4.72 Å². The van der Waals surface area contributed by atoms with Crippen molar-refractivity contribution in [1.82, 2.24) is 19.7 Å². The molecule has 0 saturated heterocycles. The van der Waals surface area contributed by atoms with E-state index < -0.39 is 26.6 Å². The quantitative estimate of drug-likeness (QED) is 0.414. The van der Waals surface area contributed by atoms with Crippen LogP contribution in [0, 0.1) is 11.6 Å². The van der Waals surface area contributed by atoms with Crippen molar-refractivity contribution in [2.45, 2.75) is 11.4 Å². The Morgan fingerprint density at radius 1 is 1.03 bits per heavy atom. The summed E-state index contributed by atoms with van der Waals surface area (Å²) in [6, 6.07) is 9.56. The van der Waals surface area contributed by atoms with Crippen molar-refractivity contribution in [3.63, 3.8) is 0 Å². The van der Waals surface area contributed by atoms with Crippen LogP contribution in [0.5, 0.6) is 11.9 Å². The molecule has 0 amide bonds. The summed E-state index contributed by atoms with van der Waals surface area (Å²) in [7, 11) is -1.59. The van der Waals surface area contributed by atoms with Crippen LogP contribution < -0.4 is 19.5 Å². The summed E-state index contributed by atoms with van der Waals surface area (Å²) in [5, 5.41) is 11.4. The number of rotatable bonds is 6. The van der Waals surface area contributed by atoms with Crippen molar-refractivity contribution in [2.75, 3.05) is 24.3 Å². The van der Waals surface area contributed by atoms with Crippen molar-refractivity contribution in [3.8, 4) is 28.7 Å². The predicted octanol–water partition coefficient (Wildman–Crippen LogP) is 3.35. The average molecular weight is 500 g/mol. The number of hydrogen-bond donors (Lipinski definition) is 2. The molecule has 3 heterocycles. The van der Waals surface area contributed by atoms with Crippen LogP contribution in [0.3, 0.4) is 0 Å². The number of fused-ring (bicyclic) bond motifs is 3. The van der Waals surface area contributed by atoms with Crippen molar-refractivity contribution >= 4 is 21.4 Å². The summed E-state index contributed by atoms with van der Waals surface area (Å²) >= 11 is 0. The van der Waals surface area contributed by atoms with Gasteiger partial charge in [0.1, 0.15) is 22.2 Å². The molecule has 2 aromatic heterocycles. The first-order valence-electron chi connectivity index (χ1n) is 10.2. The van der Waals surface area contributed by atoms with Crippen LogP contribution in [0.4, 0.5) is 20.2 Å². The van der Waals surface area contributed by atoms with Crippen molar-refractivity contribution in [3.05, 3.63) is 66.1 Å².